The topological polar surface area (TPSA) is 30.7 Å². The highest BCUT2D eigenvalue weighted by Crippen LogP contribution is 1.70. The van der Waals surface area contributed by atoms with E-state index in [2.05, 4.69) is 16.2 Å². The maximum Gasteiger partial charge on any atom is 0.131 e. The van der Waals surface area contributed by atoms with Gasteiger partial charge in [0.1, 0.15) is 12.7 Å². The molecule has 3 heteroatoms. The Labute approximate surface area is 41.0 Å². The van der Waals surface area contributed by atoms with Crippen LogP contribution < -0.4 is 0 Å². The van der Waals surface area contributed by atoms with Crippen molar-refractivity contribution in [2.24, 2.45) is 0 Å². The summed E-state index contributed by atoms with van der Waals surface area (Å²) in [6, 6.07) is 2.30. The molecule has 0 aliphatic heterocycles. The van der Waals surface area contributed by atoms with Crippen molar-refractivity contribution in [3.05, 3.63) is 12.7 Å². The number of hydrogen-bond acceptors (Lipinski definition) is 2. The summed E-state index contributed by atoms with van der Waals surface area (Å²) in [7, 11) is 0. The molecule has 0 saturated heterocycles. The highest BCUT2D eigenvalue weighted by Gasteiger charge is 1.75. The molecule has 0 aliphatic carbocycles. The standard InChI is InChI=1S/C4H3N3/c1-2-7-3-5-6-4-7/h1,3-4H. The summed E-state index contributed by atoms with van der Waals surface area (Å²) >= 11 is 0. The molecule has 0 spiro atoms. The molecule has 7 heavy (non-hydrogen) atoms. The van der Waals surface area contributed by atoms with Crippen molar-refractivity contribution in [3.63, 3.8) is 0 Å². The van der Waals surface area contributed by atoms with Gasteiger partial charge in [-0.05, 0) is 0 Å². The smallest absolute Gasteiger partial charge is 0.131 e. The number of hydrogen-bond donors (Lipinski definition) is 0. The molecule has 0 atom stereocenters. The Morgan fingerprint density at radius 2 is 2.00 bits per heavy atom. The molecule has 0 fully saturated rings. The van der Waals surface area contributed by atoms with Gasteiger partial charge in [0.15, 0.2) is 0 Å². The van der Waals surface area contributed by atoms with E-state index < -0.39 is 0 Å². The van der Waals surface area contributed by atoms with E-state index in [-0.39, 0.29) is 0 Å². The van der Waals surface area contributed by atoms with Crippen molar-refractivity contribution in [1.29, 1.82) is 0 Å². The average molecular weight is 93.1 g/mol. The third-order valence-electron chi connectivity index (χ3n) is 0.568. The molecule has 0 unspecified atom stereocenters. The van der Waals surface area contributed by atoms with Gasteiger partial charge in [0.2, 0.25) is 0 Å². The van der Waals surface area contributed by atoms with Crippen LogP contribution in [0.15, 0.2) is 12.7 Å². The van der Waals surface area contributed by atoms with Crippen LogP contribution in [0.3, 0.4) is 0 Å². The Kier molecular flexibility index (Phi) is 0.794. The highest BCUT2D eigenvalue weighted by atomic mass is 15.2. The quantitative estimate of drug-likeness (QED) is 0.413. The van der Waals surface area contributed by atoms with Gasteiger partial charge in [0.25, 0.3) is 0 Å². The zero-order valence-electron chi connectivity index (χ0n) is 3.57. The van der Waals surface area contributed by atoms with Crippen molar-refractivity contribution in [2.75, 3.05) is 0 Å². The third-order valence-corrected chi connectivity index (χ3v) is 0.568. The second-order valence-electron chi connectivity index (χ2n) is 0.998. The summed E-state index contributed by atoms with van der Waals surface area (Å²) in [5.41, 5.74) is 0. The molecular formula is C4H3N3. The molecule has 34 valence electrons. The lowest BCUT2D eigenvalue weighted by atomic mass is 11.0. The fraction of sp³-hybridized carbons (Fsp3) is 0. The van der Waals surface area contributed by atoms with Gasteiger partial charge < -0.3 is 0 Å². The van der Waals surface area contributed by atoms with Gasteiger partial charge in [-0.15, -0.1) is 10.2 Å². The minimum atomic E-state index is 1.43. The van der Waals surface area contributed by atoms with Crippen LogP contribution >= 0.6 is 0 Å². The van der Waals surface area contributed by atoms with Gasteiger partial charge in [-0.1, -0.05) is 6.42 Å². The molecule has 0 radical (unpaired) electrons. The average Bonchev–Trinajstić information content (AvgIpc) is 2.14. The lowest BCUT2D eigenvalue weighted by Gasteiger charge is -1.73. The van der Waals surface area contributed by atoms with Crippen molar-refractivity contribution >= 4 is 0 Å². The summed E-state index contributed by atoms with van der Waals surface area (Å²) in [6.45, 7) is 0. The van der Waals surface area contributed by atoms with Gasteiger partial charge in [-0.25, -0.2) is 4.57 Å². The van der Waals surface area contributed by atoms with Crippen LogP contribution in [0.4, 0.5) is 0 Å². The molecule has 0 saturated carbocycles. The van der Waals surface area contributed by atoms with Crippen LogP contribution in [-0.2, 0) is 0 Å². The minimum absolute atomic E-state index is 1.43. The molecule has 1 aromatic rings. The molecule has 0 bridgehead atoms. The monoisotopic (exact) mass is 93.0 g/mol. The Morgan fingerprint density at radius 1 is 1.43 bits per heavy atom. The normalized spacial score (nSPS) is 7.86. The first-order valence-electron chi connectivity index (χ1n) is 1.75. The van der Waals surface area contributed by atoms with E-state index in [0.29, 0.717) is 0 Å². The van der Waals surface area contributed by atoms with Crippen LogP contribution in [-0.4, -0.2) is 14.8 Å². The number of terminal acetylenes is 1. The SMILES string of the molecule is C#Cn1cnnc1. The minimum Gasteiger partial charge on any atom is -0.245 e. The molecule has 0 N–H and O–H groups in total. The molecule has 0 aliphatic rings. The van der Waals surface area contributed by atoms with Crippen LogP contribution in [0.1, 0.15) is 0 Å². The van der Waals surface area contributed by atoms with Gasteiger partial charge in [0, 0.05) is 6.04 Å². The van der Waals surface area contributed by atoms with E-state index >= 15 is 0 Å². The summed E-state index contributed by atoms with van der Waals surface area (Å²) in [5, 5.41) is 6.93. The molecule has 0 amide bonds. The van der Waals surface area contributed by atoms with E-state index in [1.54, 1.807) is 0 Å². The van der Waals surface area contributed by atoms with Crippen LogP contribution in [0.2, 0.25) is 0 Å². The molecule has 3 nitrogen and oxygen atoms in total. The first-order valence-corrected chi connectivity index (χ1v) is 1.75. The van der Waals surface area contributed by atoms with Gasteiger partial charge in [-0.2, -0.15) is 0 Å². The van der Waals surface area contributed by atoms with E-state index in [9.17, 15) is 0 Å². The van der Waals surface area contributed by atoms with Crippen molar-refractivity contribution in [3.8, 4) is 12.5 Å². The Hall–Kier alpha value is -1.30. The Bertz CT molecular complexity index is 169. The maximum atomic E-state index is 4.93. The van der Waals surface area contributed by atoms with Crippen molar-refractivity contribution < 1.29 is 0 Å². The van der Waals surface area contributed by atoms with Crippen molar-refractivity contribution in [2.45, 2.75) is 0 Å². The Balaban J connectivity index is 3.04. The van der Waals surface area contributed by atoms with Gasteiger partial charge in [0.05, 0.1) is 0 Å². The number of nitrogens with zero attached hydrogens (tertiary/aromatic N) is 3. The maximum absolute atomic E-state index is 4.93. The summed E-state index contributed by atoms with van der Waals surface area (Å²) in [5.74, 6) is 0. The second-order valence-corrected chi connectivity index (χ2v) is 0.998. The number of rotatable bonds is 0. The van der Waals surface area contributed by atoms with Gasteiger partial charge in [-0.3, -0.25) is 0 Å². The predicted octanol–water partition coefficient (Wildman–Crippen LogP) is -0.283. The Morgan fingerprint density at radius 3 is 2.29 bits per heavy atom. The molecule has 1 rings (SSSR count). The lowest BCUT2D eigenvalue weighted by Crippen LogP contribution is -1.77. The van der Waals surface area contributed by atoms with Crippen LogP contribution in [0.5, 0.6) is 0 Å². The fourth-order valence-corrected chi connectivity index (χ4v) is 0.267. The predicted molar refractivity (Wildman–Crippen MR) is 24.3 cm³/mol. The lowest BCUT2D eigenvalue weighted by molar-refractivity contribution is 1.09. The third kappa shape index (κ3) is 0.578. The molecular weight excluding hydrogens is 90.1 g/mol. The second kappa shape index (κ2) is 1.43. The van der Waals surface area contributed by atoms with Gasteiger partial charge >= 0.3 is 0 Å². The number of aromatic nitrogens is 3. The van der Waals surface area contributed by atoms with Crippen LogP contribution in [0, 0.1) is 12.5 Å². The van der Waals surface area contributed by atoms with E-state index in [1.807, 2.05) is 0 Å². The fourth-order valence-electron chi connectivity index (χ4n) is 0.267. The first-order chi connectivity index (χ1) is 3.43. The van der Waals surface area contributed by atoms with E-state index in [0.717, 1.165) is 0 Å². The molecule has 1 heterocycles. The zero-order chi connectivity index (χ0) is 5.11. The van der Waals surface area contributed by atoms with E-state index in [4.69, 9.17) is 6.42 Å². The summed E-state index contributed by atoms with van der Waals surface area (Å²) in [6.07, 6.45) is 7.84. The largest absolute Gasteiger partial charge is 0.245 e. The zero-order valence-corrected chi connectivity index (χ0v) is 3.57. The van der Waals surface area contributed by atoms with Crippen LogP contribution in [0.25, 0.3) is 0 Å². The summed E-state index contributed by atoms with van der Waals surface area (Å²) in [4.78, 5) is 0. The highest BCUT2D eigenvalue weighted by molar-refractivity contribution is 4.88. The first kappa shape index (κ1) is 3.88. The van der Waals surface area contributed by atoms with Crippen molar-refractivity contribution in [1.82, 2.24) is 14.8 Å². The van der Waals surface area contributed by atoms with E-state index in [1.165, 1.54) is 17.2 Å². The summed E-state index contributed by atoms with van der Waals surface area (Å²) < 4.78 is 1.43. The molecule has 0 aromatic carbocycles. The molecule has 1 aromatic heterocycles.